The standard InChI is InChI=1S/C23H16Cl2O3/c24-17-10-6-9-16(13-17)23(22(27)18-11-4-5-12-20(18)25)19(14-21(26)28-23)15-7-2-1-3-8-15/h1-13,19H,14H2/t19-,23+/m0/s1. The van der Waals surface area contributed by atoms with E-state index in [1.807, 2.05) is 30.3 Å². The van der Waals surface area contributed by atoms with Crippen LogP contribution in [-0.4, -0.2) is 11.8 Å². The molecule has 0 aliphatic carbocycles. The van der Waals surface area contributed by atoms with Crippen LogP contribution in [0.1, 0.15) is 33.8 Å². The number of halogens is 2. The van der Waals surface area contributed by atoms with Crippen LogP contribution in [0.15, 0.2) is 78.9 Å². The van der Waals surface area contributed by atoms with E-state index in [-0.39, 0.29) is 12.2 Å². The number of Topliss-reactive ketones (excluding diaryl/α,β-unsaturated/α-hetero) is 1. The molecule has 28 heavy (non-hydrogen) atoms. The Labute approximate surface area is 172 Å². The van der Waals surface area contributed by atoms with Crippen molar-refractivity contribution in [2.75, 3.05) is 0 Å². The molecule has 0 spiro atoms. The summed E-state index contributed by atoms with van der Waals surface area (Å²) in [4.78, 5) is 26.3. The van der Waals surface area contributed by atoms with Crippen molar-refractivity contribution in [3.63, 3.8) is 0 Å². The van der Waals surface area contributed by atoms with Crippen molar-refractivity contribution in [3.05, 3.63) is 106 Å². The van der Waals surface area contributed by atoms with Crippen LogP contribution in [0.3, 0.4) is 0 Å². The van der Waals surface area contributed by atoms with Gasteiger partial charge in [-0.1, -0.05) is 77.8 Å². The van der Waals surface area contributed by atoms with Gasteiger partial charge in [0, 0.05) is 22.1 Å². The maximum absolute atomic E-state index is 13.8. The van der Waals surface area contributed by atoms with Crippen molar-refractivity contribution in [1.29, 1.82) is 0 Å². The van der Waals surface area contributed by atoms with Gasteiger partial charge in [-0.2, -0.15) is 0 Å². The maximum Gasteiger partial charge on any atom is 0.307 e. The van der Waals surface area contributed by atoms with Crippen molar-refractivity contribution >= 4 is 35.0 Å². The molecule has 0 amide bonds. The van der Waals surface area contributed by atoms with E-state index < -0.39 is 17.5 Å². The maximum atomic E-state index is 13.8. The van der Waals surface area contributed by atoms with Gasteiger partial charge in [0.25, 0.3) is 0 Å². The highest BCUT2D eigenvalue weighted by atomic mass is 35.5. The van der Waals surface area contributed by atoms with E-state index in [1.165, 1.54) is 0 Å². The fourth-order valence-corrected chi connectivity index (χ4v) is 4.21. The van der Waals surface area contributed by atoms with Crippen molar-refractivity contribution in [2.45, 2.75) is 17.9 Å². The van der Waals surface area contributed by atoms with Crippen LogP contribution in [-0.2, 0) is 15.1 Å². The van der Waals surface area contributed by atoms with Crippen LogP contribution in [0.4, 0.5) is 0 Å². The Morgan fingerprint density at radius 3 is 2.36 bits per heavy atom. The second kappa shape index (κ2) is 7.42. The van der Waals surface area contributed by atoms with Crippen LogP contribution in [0, 0.1) is 0 Å². The van der Waals surface area contributed by atoms with E-state index in [2.05, 4.69) is 0 Å². The number of hydrogen-bond donors (Lipinski definition) is 0. The van der Waals surface area contributed by atoms with Gasteiger partial charge in [0.1, 0.15) is 0 Å². The average Bonchev–Trinajstić information content (AvgIpc) is 3.07. The van der Waals surface area contributed by atoms with Gasteiger partial charge < -0.3 is 4.74 Å². The molecule has 3 nitrogen and oxygen atoms in total. The number of rotatable bonds is 4. The predicted molar refractivity (Wildman–Crippen MR) is 109 cm³/mol. The summed E-state index contributed by atoms with van der Waals surface area (Å²) in [6.45, 7) is 0. The third kappa shape index (κ3) is 3.11. The first-order chi connectivity index (χ1) is 13.5. The lowest BCUT2D eigenvalue weighted by molar-refractivity contribution is -0.146. The molecule has 1 heterocycles. The van der Waals surface area contributed by atoms with Crippen molar-refractivity contribution < 1.29 is 14.3 Å². The monoisotopic (exact) mass is 410 g/mol. The first kappa shape index (κ1) is 18.7. The van der Waals surface area contributed by atoms with Crippen molar-refractivity contribution in [3.8, 4) is 0 Å². The SMILES string of the molecule is O=C1C[C@@H](c2ccccc2)[C@@](C(=O)c2ccccc2Cl)(c2cccc(Cl)c2)O1. The highest BCUT2D eigenvalue weighted by Crippen LogP contribution is 2.50. The molecular formula is C23H16Cl2O3. The molecular weight excluding hydrogens is 395 g/mol. The number of carbonyl (C=O) groups is 2. The van der Waals surface area contributed by atoms with Crippen LogP contribution in [0.25, 0.3) is 0 Å². The van der Waals surface area contributed by atoms with E-state index in [9.17, 15) is 9.59 Å². The largest absolute Gasteiger partial charge is 0.445 e. The molecule has 0 radical (unpaired) electrons. The molecule has 0 aromatic heterocycles. The molecule has 0 N–H and O–H groups in total. The zero-order valence-electron chi connectivity index (χ0n) is 14.8. The van der Waals surface area contributed by atoms with Gasteiger partial charge in [0.15, 0.2) is 0 Å². The number of esters is 1. The molecule has 0 bridgehead atoms. The second-order valence-electron chi connectivity index (χ2n) is 6.70. The van der Waals surface area contributed by atoms with Crippen molar-refractivity contribution in [2.24, 2.45) is 0 Å². The third-order valence-electron chi connectivity index (χ3n) is 5.05. The minimum absolute atomic E-state index is 0.0900. The molecule has 0 saturated carbocycles. The molecule has 1 saturated heterocycles. The molecule has 1 aliphatic rings. The lowest BCUT2D eigenvalue weighted by atomic mass is 9.73. The Hall–Kier alpha value is -2.62. The number of cyclic esters (lactones) is 1. The molecule has 0 unspecified atom stereocenters. The predicted octanol–water partition coefficient (Wildman–Crippen LogP) is 5.80. The van der Waals surface area contributed by atoms with Crippen LogP contribution in [0.2, 0.25) is 10.0 Å². The summed E-state index contributed by atoms with van der Waals surface area (Å²) in [7, 11) is 0. The lowest BCUT2D eigenvalue weighted by Gasteiger charge is -2.33. The molecule has 1 aliphatic heterocycles. The zero-order valence-corrected chi connectivity index (χ0v) is 16.3. The Morgan fingerprint density at radius 1 is 0.929 bits per heavy atom. The lowest BCUT2D eigenvalue weighted by Crippen LogP contribution is -2.40. The number of ether oxygens (including phenoxy) is 1. The van der Waals surface area contributed by atoms with Gasteiger partial charge in [-0.3, -0.25) is 9.59 Å². The minimum atomic E-state index is -1.53. The molecule has 5 heteroatoms. The smallest absolute Gasteiger partial charge is 0.307 e. The molecule has 3 aromatic carbocycles. The molecule has 1 fully saturated rings. The molecule has 2 atom stereocenters. The molecule has 3 aromatic rings. The quantitative estimate of drug-likeness (QED) is 0.403. The molecule has 4 rings (SSSR count). The van der Waals surface area contributed by atoms with E-state index in [0.29, 0.717) is 21.2 Å². The summed E-state index contributed by atoms with van der Waals surface area (Å²) in [6, 6.07) is 23.1. The Kier molecular flexibility index (Phi) is 4.96. The van der Waals surface area contributed by atoms with Gasteiger partial charge in [0.2, 0.25) is 11.4 Å². The summed E-state index contributed by atoms with van der Waals surface area (Å²) in [5.74, 6) is -1.29. The number of hydrogen-bond acceptors (Lipinski definition) is 3. The van der Waals surface area contributed by atoms with Gasteiger partial charge >= 0.3 is 5.97 Å². The van der Waals surface area contributed by atoms with Gasteiger partial charge in [0.05, 0.1) is 11.4 Å². The topological polar surface area (TPSA) is 43.4 Å². The summed E-state index contributed by atoms with van der Waals surface area (Å²) in [6.07, 6.45) is 0.0900. The summed E-state index contributed by atoms with van der Waals surface area (Å²) in [5.41, 5.74) is 0.145. The normalized spacial score (nSPS) is 21.4. The second-order valence-corrected chi connectivity index (χ2v) is 7.54. The van der Waals surface area contributed by atoms with Gasteiger partial charge in [-0.25, -0.2) is 0 Å². The zero-order chi connectivity index (χ0) is 19.7. The third-order valence-corrected chi connectivity index (χ3v) is 5.61. The van der Waals surface area contributed by atoms with Crippen LogP contribution in [0.5, 0.6) is 0 Å². The van der Waals surface area contributed by atoms with E-state index in [0.717, 1.165) is 5.56 Å². The van der Waals surface area contributed by atoms with Crippen LogP contribution < -0.4 is 0 Å². The Balaban J connectivity index is 1.97. The molecule has 140 valence electrons. The number of benzene rings is 3. The first-order valence-corrected chi connectivity index (χ1v) is 9.60. The summed E-state index contributed by atoms with van der Waals surface area (Å²) in [5, 5.41) is 0.766. The van der Waals surface area contributed by atoms with E-state index in [4.69, 9.17) is 27.9 Å². The first-order valence-electron chi connectivity index (χ1n) is 8.84. The Morgan fingerprint density at radius 2 is 1.64 bits per heavy atom. The highest BCUT2D eigenvalue weighted by Gasteiger charge is 2.57. The van der Waals surface area contributed by atoms with E-state index in [1.54, 1.807) is 48.5 Å². The Bertz CT molecular complexity index is 1050. The van der Waals surface area contributed by atoms with Crippen molar-refractivity contribution in [1.82, 2.24) is 0 Å². The van der Waals surface area contributed by atoms with Gasteiger partial charge in [-0.05, 0) is 29.8 Å². The van der Waals surface area contributed by atoms with Crippen LogP contribution >= 0.6 is 23.2 Å². The van der Waals surface area contributed by atoms with Gasteiger partial charge in [-0.15, -0.1) is 0 Å². The fraction of sp³-hybridized carbons (Fsp3) is 0.130. The minimum Gasteiger partial charge on any atom is -0.445 e. The fourth-order valence-electron chi connectivity index (χ4n) is 3.80. The average molecular weight is 411 g/mol. The number of ketones is 1. The summed E-state index contributed by atoms with van der Waals surface area (Å²) >= 11 is 12.5. The number of carbonyl (C=O) groups excluding carboxylic acids is 2. The summed E-state index contributed by atoms with van der Waals surface area (Å²) < 4.78 is 5.82. The van der Waals surface area contributed by atoms with E-state index >= 15 is 0 Å². The highest BCUT2D eigenvalue weighted by molar-refractivity contribution is 6.34.